The highest BCUT2D eigenvalue weighted by Gasteiger charge is 2.11. The number of hydrogen-bond acceptors (Lipinski definition) is 5. The zero-order chi connectivity index (χ0) is 11.9. The van der Waals surface area contributed by atoms with Crippen LogP contribution >= 0.6 is 0 Å². The molecule has 84 valence electrons. The van der Waals surface area contributed by atoms with Gasteiger partial charge in [-0.1, -0.05) is 5.16 Å². The van der Waals surface area contributed by atoms with Gasteiger partial charge in [0.05, 0.1) is 5.69 Å². The van der Waals surface area contributed by atoms with Gasteiger partial charge in [-0.05, 0) is 19.9 Å². The van der Waals surface area contributed by atoms with Gasteiger partial charge in [0.2, 0.25) is 5.71 Å². The molecule has 0 saturated carbocycles. The van der Waals surface area contributed by atoms with E-state index in [4.69, 9.17) is 9.62 Å². The Morgan fingerprint density at radius 1 is 1.38 bits per heavy atom. The van der Waals surface area contributed by atoms with Crippen LogP contribution in [0.25, 0.3) is 11.1 Å². The third kappa shape index (κ3) is 1.35. The number of hydrogen-bond donors (Lipinski definition) is 2. The molecule has 0 aromatic carbocycles. The standard InChI is InChI=1S/C10H10N2O4/c1-5-3-7(11-14)9-8(13)4-6(2)16-10(9)12(5)15/h3-4,14-15H,1-2H3/b11-7+. The SMILES string of the molecule is Cc1cc(=O)c2/c(=N/O)cc(C)n(O)c2o1. The largest absolute Gasteiger partial charge is 0.442 e. The van der Waals surface area contributed by atoms with E-state index in [2.05, 4.69) is 5.16 Å². The summed E-state index contributed by atoms with van der Waals surface area (Å²) in [6.45, 7) is 3.19. The molecule has 0 spiro atoms. The molecular weight excluding hydrogens is 212 g/mol. The van der Waals surface area contributed by atoms with Crippen molar-refractivity contribution in [2.75, 3.05) is 0 Å². The van der Waals surface area contributed by atoms with Gasteiger partial charge in [0.15, 0.2) is 5.43 Å². The summed E-state index contributed by atoms with van der Waals surface area (Å²) < 4.78 is 5.99. The lowest BCUT2D eigenvalue weighted by Gasteiger charge is -2.06. The monoisotopic (exact) mass is 222 g/mol. The van der Waals surface area contributed by atoms with Crippen molar-refractivity contribution in [3.63, 3.8) is 0 Å². The Hall–Kier alpha value is -2.24. The Morgan fingerprint density at radius 3 is 2.69 bits per heavy atom. The summed E-state index contributed by atoms with van der Waals surface area (Å²) in [6.07, 6.45) is 0. The Morgan fingerprint density at radius 2 is 2.06 bits per heavy atom. The fourth-order valence-corrected chi connectivity index (χ4v) is 1.55. The van der Waals surface area contributed by atoms with Crippen molar-refractivity contribution < 1.29 is 14.8 Å². The van der Waals surface area contributed by atoms with Gasteiger partial charge in [-0.15, -0.1) is 0 Å². The summed E-state index contributed by atoms with van der Waals surface area (Å²) in [7, 11) is 0. The molecule has 0 saturated heterocycles. The first-order valence-corrected chi connectivity index (χ1v) is 4.59. The van der Waals surface area contributed by atoms with Crippen LogP contribution in [0, 0.1) is 13.8 Å². The Labute approximate surface area is 89.6 Å². The van der Waals surface area contributed by atoms with Gasteiger partial charge in [-0.25, -0.2) is 0 Å². The quantitative estimate of drug-likeness (QED) is 0.391. The molecule has 6 heteroatoms. The summed E-state index contributed by atoms with van der Waals surface area (Å²) in [5.74, 6) is 0.370. The maximum Gasteiger partial charge on any atom is 0.246 e. The minimum Gasteiger partial charge on any atom is -0.442 e. The molecule has 2 aromatic rings. The molecule has 6 nitrogen and oxygen atoms in total. The average molecular weight is 222 g/mol. The van der Waals surface area contributed by atoms with Gasteiger partial charge in [0.1, 0.15) is 16.5 Å². The number of aryl methyl sites for hydroxylation is 2. The van der Waals surface area contributed by atoms with E-state index in [9.17, 15) is 10.0 Å². The number of pyridine rings is 1. The number of fused-ring (bicyclic) bond motifs is 1. The molecule has 0 radical (unpaired) electrons. The number of aromatic nitrogens is 1. The summed E-state index contributed by atoms with van der Waals surface area (Å²) in [6, 6.07) is 2.65. The van der Waals surface area contributed by atoms with Gasteiger partial charge >= 0.3 is 0 Å². The lowest BCUT2D eigenvalue weighted by molar-refractivity contribution is 0.177. The fourth-order valence-electron chi connectivity index (χ4n) is 1.55. The second-order valence-corrected chi connectivity index (χ2v) is 3.48. The van der Waals surface area contributed by atoms with E-state index in [-0.39, 0.29) is 21.9 Å². The van der Waals surface area contributed by atoms with Crippen LogP contribution < -0.4 is 10.8 Å². The third-order valence-electron chi connectivity index (χ3n) is 2.29. The van der Waals surface area contributed by atoms with Crippen molar-refractivity contribution in [2.45, 2.75) is 13.8 Å². The minimum atomic E-state index is -0.366. The molecule has 0 unspecified atom stereocenters. The van der Waals surface area contributed by atoms with Crippen LogP contribution in [-0.2, 0) is 0 Å². The average Bonchev–Trinajstić information content (AvgIpc) is 2.23. The molecule has 0 aliphatic rings. The maximum atomic E-state index is 11.7. The highest BCUT2D eigenvalue weighted by molar-refractivity contribution is 5.72. The van der Waals surface area contributed by atoms with Gasteiger partial charge < -0.3 is 14.8 Å². The first-order valence-electron chi connectivity index (χ1n) is 4.59. The molecule has 0 aliphatic carbocycles. The first kappa shape index (κ1) is 10.3. The second-order valence-electron chi connectivity index (χ2n) is 3.48. The van der Waals surface area contributed by atoms with Gasteiger partial charge in [-0.3, -0.25) is 4.79 Å². The van der Waals surface area contributed by atoms with Crippen LogP contribution in [0.2, 0.25) is 0 Å². The van der Waals surface area contributed by atoms with Crippen molar-refractivity contribution in [1.29, 1.82) is 0 Å². The van der Waals surface area contributed by atoms with E-state index >= 15 is 0 Å². The summed E-state index contributed by atoms with van der Waals surface area (Å²) in [5, 5.41) is 21.6. The van der Waals surface area contributed by atoms with Crippen molar-refractivity contribution in [3.05, 3.63) is 39.2 Å². The maximum absolute atomic E-state index is 11.7. The number of rotatable bonds is 0. The van der Waals surface area contributed by atoms with E-state index in [1.54, 1.807) is 13.8 Å². The minimum absolute atomic E-state index is 0.0298. The molecule has 2 N–H and O–H groups in total. The molecule has 2 rings (SSSR count). The lowest BCUT2D eigenvalue weighted by atomic mass is 10.2. The highest BCUT2D eigenvalue weighted by atomic mass is 16.5. The van der Waals surface area contributed by atoms with Crippen LogP contribution in [0.5, 0.6) is 0 Å². The first-order chi connectivity index (χ1) is 7.54. The van der Waals surface area contributed by atoms with Gasteiger partial charge in [0, 0.05) is 6.07 Å². The van der Waals surface area contributed by atoms with E-state index in [0.29, 0.717) is 11.5 Å². The summed E-state index contributed by atoms with van der Waals surface area (Å²) >= 11 is 0. The van der Waals surface area contributed by atoms with Crippen LogP contribution in [-0.4, -0.2) is 15.1 Å². The molecular formula is C10H10N2O4. The molecule has 16 heavy (non-hydrogen) atoms. The molecule has 0 fully saturated rings. The zero-order valence-corrected chi connectivity index (χ0v) is 8.76. The molecule has 0 aliphatic heterocycles. The van der Waals surface area contributed by atoms with E-state index in [1.807, 2.05) is 0 Å². The van der Waals surface area contributed by atoms with Crippen molar-refractivity contribution in [2.24, 2.45) is 5.16 Å². The number of nitrogens with zero attached hydrogens (tertiary/aromatic N) is 2. The van der Waals surface area contributed by atoms with Crippen LogP contribution in [0.1, 0.15) is 11.5 Å². The smallest absolute Gasteiger partial charge is 0.246 e. The van der Waals surface area contributed by atoms with E-state index < -0.39 is 0 Å². The van der Waals surface area contributed by atoms with Gasteiger partial charge in [-0.2, -0.15) is 4.73 Å². The normalized spacial score (nSPS) is 12.2. The summed E-state index contributed by atoms with van der Waals surface area (Å²) in [5.41, 5.74) is 0.00111. The molecule has 2 heterocycles. The van der Waals surface area contributed by atoms with Gasteiger partial charge in [0.25, 0.3) is 0 Å². The third-order valence-corrected chi connectivity index (χ3v) is 2.29. The predicted octanol–water partition coefficient (Wildman–Crippen LogP) is 0.739. The molecule has 0 amide bonds. The van der Waals surface area contributed by atoms with Crippen molar-refractivity contribution in [1.82, 2.24) is 4.73 Å². The Bertz CT molecular complexity index is 682. The predicted molar refractivity (Wildman–Crippen MR) is 54.5 cm³/mol. The lowest BCUT2D eigenvalue weighted by Crippen LogP contribution is -2.18. The summed E-state index contributed by atoms with van der Waals surface area (Å²) in [4.78, 5) is 11.7. The van der Waals surface area contributed by atoms with E-state index in [1.165, 1.54) is 12.1 Å². The van der Waals surface area contributed by atoms with Crippen LogP contribution in [0.3, 0.4) is 0 Å². The van der Waals surface area contributed by atoms with Crippen LogP contribution in [0.15, 0.2) is 26.5 Å². The molecule has 0 atom stereocenters. The topological polar surface area (TPSA) is 88.0 Å². The fraction of sp³-hybridized carbons (Fsp3) is 0.200. The Balaban J connectivity index is 3.18. The second kappa shape index (κ2) is 3.41. The van der Waals surface area contributed by atoms with E-state index in [0.717, 1.165) is 4.73 Å². The highest BCUT2D eigenvalue weighted by Crippen LogP contribution is 2.09. The van der Waals surface area contributed by atoms with Crippen molar-refractivity contribution in [3.8, 4) is 0 Å². The zero-order valence-electron chi connectivity index (χ0n) is 8.76. The Kier molecular flexibility index (Phi) is 2.19. The molecule has 0 bridgehead atoms. The molecule has 2 aromatic heterocycles. The van der Waals surface area contributed by atoms with Crippen molar-refractivity contribution >= 4 is 11.1 Å². The van der Waals surface area contributed by atoms with Crippen LogP contribution in [0.4, 0.5) is 0 Å².